The Kier molecular flexibility index (Phi) is 5.51. The zero-order chi connectivity index (χ0) is 15.1. The minimum atomic E-state index is -0.0417. The number of benzene rings is 2. The molecule has 2 aromatic carbocycles. The third-order valence-electron chi connectivity index (χ3n) is 2.86. The van der Waals surface area contributed by atoms with Crippen molar-refractivity contribution < 1.29 is 9.53 Å². The molecule has 0 bridgehead atoms. The molecule has 0 aromatic heterocycles. The van der Waals surface area contributed by atoms with Gasteiger partial charge >= 0.3 is 0 Å². The van der Waals surface area contributed by atoms with Crippen LogP contribution in [0.4, 0.5) is 11.4 Å². The summed E-state index contributed by atoms with van der Waals surface area (Å²) >= 11 is 1.56. The number of methoxy groups -OCH3 is 1. The molecule has 2 aromatic rings. The Morgan fingerprint density at radius 2 is 1.90 bits per heavy atom. The van der Waals surface area contributed by atoms with Crippen molar-refractivity contribution in [1.29, 1.82) is 0 Å². The summed E-state index contributed by atoms with van der Waals surface area (Å²) in [4.78, 5) is 11.9. The van der Waals surface area contributed by atoms with Crippen LogP contribution in [-0.2, 0) is 10.5 Å². The van der Waals surface area contributed by atoms with Gasteiger partial charge in [-0.2, -0.15) is 0 Å². The summed E-state index contributed by atoms with van der Waals surface area (Å²) in [5, 5.41) is 2.85. The lowest BCUT2D eigenvalue weighted by Crippen LogP contribution is -2.14. The molecule has 0 saturated carbocycles. The lowest BCUT2D eigenvalue weighted by Gasteiger charge is -2.09. The van der Waals surface area contributed by atoms with E-state index in [-0.39, 0.29) is 5.91 Å². The average Bonchev–Trinajstić information content (AvgIpc) is 2.50. The molecular formula is C16H18N2O2S. The van der Waals surface area contributed by atoms with Crippen LogP contribution >= 0.6 is 11.8 Å². The Hall–Kier alpha value is -2.14. The molecule has 0 aliphatic rings. The van der Waals surface area contributed by atoms with E-state index in [1.165, 1.54) is 0 Å². The summed E-state index contributed by atoms with van der Waals surface area (Å²) in [5.74, 6) is 1.79. The number of nitrogens with one attached hydrogen (secondary N) is 1. The Bertz CT molecular complexity index is 599. The molecule has 110 valence electrons. The zero-order valence-electron chi connectivity index (χ0n) is 11.8. The van der Waals surface area contributed by atoms with Gasteiger partial charge in [0.2, 0.25) is 5.91 Å². The molecule has 0 unspecified atom stereocenters. The molecule has 5 heteroatoms. The van der Waals surface area contributed by atoms with Gasteiger partial charge in [0.05, 0.1) is 18.6 Å². The van der Waals surface area contributed by atoms with Gasteiger partial charge in [0.15, 0.2) is 0 Å². The topological polar surface area (TPSA) is 64.3 Å². The number of ether oxygens (including phenoxy) is 1. The van der Waals surface area contributed by atoms with E-state index in [2.05, 4.69) is 5.32 Å². The second-order valence-electron chi connectivity index (χ2n) is 4.48. The Labute approximate surface area is 128 Å². The maximum absolute atomic E-state index is 11.9. The maximum Gasteiger partial charge on any atom is 0.234 e. The number of para-hydroxylation sites is 2. The molecule has 21 heavy (non-hydrogen) atoms. The first-order valence-corrected chi connectivity index (χ1v) is 7.69. The lowest BCUT2D eigenvalue weighted by molar-refractivity contribution is -0.113. The number of nitrogens with two attached hydrogens (primary N) is 1. The monoisotopic (exact) mass is 302 g/mol. The molecule has 0 atom stereocenters. The fourth-order valence-corrected chi connectivity index (χ4v) is 2.60. The van der Waals surface area contributed by atoms with Crippen LogP contribution in [-0.4, -0.2) is 18.8 Å². The fraction of sp³-hybridized carbons (Fsp3) is 0.188. The molecule has 0 spiro atoms. The summed E-state index contributed by atoms with van der Waals surface area (Å²) < 4.78 is 5.20. The van der Waals surface area contributed by atoms with Gasteiger partial charge in [-0.1, -0.05) is 24.3 Å². The summed E-state index contributed by atoms with van der Waals surface area (Å²) in [6, 6.07) is 15.0. The highest BCUT2D eigenvalue weighted by Gasteiger charge is 2.06. The quantitative estimate of drug-likeness (QED) is 0.805. The smallest absolute Gasteiger partial charge is 0.234 e. The Morgan fingerprint density at radius 3 is 2.62 bits per heavy atom. The van der Waals surface area contributed by atoms with Crippen LogP contribution in [0.15, 0.2) is 48.5 Å². The first-order valence-electron chi connectivity index (χ1n) is 6.54. The normalized spacial score (nSPS) is 10.1. The third-order valence-corrected chi connectivity index (χ3v) is 3.87. The van der Waals surface area contributed by atoms with Crippen LogP contribution in [0.25, 0.3) is 0 Å². The van der Waals surface area contributed by atoms with Crippen molar-refractivity contribution >= 4 is 29.0 Å². The second kappa shape index (κ2) is 7.59. The van der Waals surface area contributed by atoms with Crippen molar-refractivity contribution in [3.8, 4) is 5.75 Å². The lowest BCUT2D eigenvalue weighted by atomic mass is 10.2. The van der Waals surface area contributed by atoms with Crippen molar-refractivity contribution in [1.82, 2.24) is 0 Å². The van der Waals surface area contributed by atoms with Crippen LogP contribution in [0.5, 0.6) is 5.75 Å². The highest BCUT2D eigenvalue weighted by Crippen LogP contribution is 2.23. The van der Waals surface area contributed by atoms with Crippen molar-refractivity contribution in [3.63, 3.8) is 0 Å². The largest absolute Gasteiger partial charge is 0.495 e. The summed E-state index contributed by atoms with van der Waals surface area (Å²) in [6.45, 7) is 0. The number of rotatable bonds is 6. The molecule has 0 saturated heterocycles. The van der Waals surface area contributed by atoms with Gasteiger partial charge in [0.25, 0.3) is 0 Å². The molecule has 0 radical (unpaired) electrons. The Morgan fingerprint density at radius 1 is 1.19 bits per heavy atom. The van der Waals surface area contributed by atoms with Crippen molar-refractivity contribution in [2.24, 2.45) is 0 Å². The van der Waals surface area contributed by atoms with Gasteiger partial charge in [-0.25, -0.2) is 0 Å². The minimum absolute atomic E-state index is 0.0417. The van der Waals surface area contributed by atoms with Gasteiger partial charge < -0.3 is 15.8 Å². The van der Waals surface area contributed by atoms with Gasteiger partial charge in [0.1, 0.15) is 5.75 Å². The maximum atomic E-state index is 11.9. The van der Waals surface area contributed by atoms with E-state index in [1.807, 2.05) is 48.5 Å². The van der Waals surface area contributed by atoms with E-state index < -0.39 is 0 Å². The third kappa shape index (κ3) is 4.72. The number of amides is 1. The molecule has 0 aliphatic carbocycles. The van der Waals surface area contributed by atoms with E-state index in [4.69, 9.17) is 10.5 Å². The summed E-state index contributed by atoms with van der Waals surface area (Å²) in [6.07, 6.45) is 0. The molecule has 3 N–H and O–H groups in total. The number of carbonyl (C=O) groups is 1. The van der Waals surface area contributed by atoms with Crippen LogP contribution in [0.2, 0.25) is 0 Å². The van der Waals surface area contributed by atoms with Crippen LogP contribution in [0.1, 0.15) is 5.56 Å². The number of nitrogen functional groups attached to an aromatic ring is 1. The van der Waals surface area contributed by atoms with Gasteiger partial charge in [-0.15, -0.1) is 11.8 Å². The van der Waals surface area contributed by atoms with Crippen LogP contribution < -0.4 is 15.8 Å². The first kappa shape index (κ1) is 15.3. The average molecular weight is 302 g/mol. The minimum Gasteiger partial charge on any atom is -0.495 e. The van der Waals surface area contributed by atoms with Gasteiger partial charge in [-0.05, 0) is 29.8 Å². The number of hydrogen-bond donors (Lipinski definition) is 2. The van der Waals surface area contributed by atoms with E-state index in [9.17, 15) is 4.79 Å². The molecule has 2 rings (SSSR count). The fourth-order valence-electron chi connectivity index (χ4n) is 1.81. The van der Waals surface area contributed by atoms with Crippen LogP contribution in [0.3, 0.4) is 0 Å². The van der Waals surface area contributed by atoms with Crippen molar-refractivity contribution in [2.45, 2.75) is 5.75 Å². The van der Waals surface area contributed by atoms with E-state index >= 15 is 0 Å². The highest BCUT2D eigenvalue weighted by molar-refractivity contribution is 7.99. The first-order chi connectivity index (χ1) is 10.2. The predicted octanol–water partition coefficient (Wildman–Crippen LogP) is 3.15. The SMILES string of the molecule is COc1ccccc1NC(=O)CSCc1ccc(N)cc1. The summed E-state index contributed by atoms with van der Waals surface area (Å²) in [7, 11) is 1.58. The number of anilines is 2. The Balaban J connectivity index is 1.81. The molecule has 0 heterocycles. The van der Waals surface area contributed by atoms with Crippen LogP contribution in [0, 0.1) is 0 Å². The number of hydrogen-bond acceptors (Lipinski definition) is 4. The number of carbonyl (C=O) groups excluding carboxylic acids is 1. The van der Waals surface area contributed by atoms with E-state index in [0.29, 0.717) is 17.2 Å². The molecular weight excluding hydrogens is 284 g/mol. The van der Waals surface area contributed by atoms with Gasteiger partial charge in [0, 0.05) is 11.4 Å². The number of thioether (sulfide) groups is 1. The predicted molar refractivity (Wildman–Crippen MR) is 88.6 cm³/mol. The molecule has 0 aliphatic heterocycles. The van der Waals surface area contributed by atoms with Crippen molar-refractivity contribution in [2.75, 3.05) is 23.9 Å². The second-order valence-corrected chi connectivity index (χ2v) is 5.47. The molecule has 1 amide bonds. The molecule has 0 fully saturated rings. The van der Waals surface area contributed by atoms with Crippen molar-refractivity contribution in [3.05, 3.63) is 54.1 Å². The standard InChI is InChI=1S/C16H18N2O2S/c1-20-15-5-3-2-4-14(15)18-16(19)11-21-10-12-6-8-13(17)9-7-12/h2-9H,10-11,17H2,1H3,(H,18,19). The molecule has 4 nitrogen and oxygen atoms in total. The summed E-state index contributed by atoms with van der Waals surface area (Å²) in [5.41, 5.74) is 8.23. The van der Waals surface area contributed by atoms with E-state index in [1.54, 1.807) is 18.9 Å². The van der Waals surface area contributed by atoms with E-state index in [0.717, 1.165) is 17.0 Å². The van der Waals surface area contributed by atoms with Gasteiger partial charge in [-0.3, -0.25) is 4.79 Å². The zero-order valence-corrected chi connectivity index (χ0v) is 12.7. The highest BCUT2D eigenvalue weighted by atomic mass is 32.2.